The monoisotopic (exact) mass is 889 g/mol. The fraction of sp³-hybridized carbons (Fsp3) is 0.659. The Bertz CT molecular complexity index is 1770. The molecule has 0 spiro atoms. The Morgan fingerprint density at radius 2 is 1.68 bits per heavy atom. The second kappa shape index (κ2) is 26.5. The van der Waals surface area contributed by atoms with E-state index in [1.165, 1.54) is 43.8 Å². The molecule has 346 valence electrons. The first-order valence-corrected chi connectivity index (χ1v) is 23.4. The maximum absolute atomic E-state index is 14.2. The molecule has 0 saturated carbocycles. The normalized spacial score (nSPS) is 17.9. The summed E-state index contributed by atoms with van der Waals surface area (Å²) >= 11 is 0. The van der Waals surface area contributed by atoms with E-state index in [0.29, 0.717) is 25.5 Å². The summed E-state index contributed by atoms with van der Waals surface area (Å²) in [7, 11) is -2.90. The largest absolute Gasteiger partial charge is 0.382 e. The van der Waals surface area contributed by atoms with Gasteiger partial charge in [0.15, 0.2) is 11.6 Å². The van der Waals surface area contributed by atoms with Crippen LogP contribution in [0.4, 0.5) is 0 Å². The van der Waals surface area contributed by atoms with Gasteiger partial charge in [0.25, 0.3) is 0 Å². The van der Waals surface area contributed by atoms with Crippen molar-refractivity contribution in [2.45, 2.75) is 117 Å². The van der Waals surface area contributed by atoms with Crippen LogP contribution in [-0.2, 0) is 60.4 Å². The van der Waals surface area contributed by atoms with Crippen LogP contribution in [0.2, 0.25) is 0 Å². The number of ketones is 3. The average Bonchev–Trinajstić information content (AvgIpc) is 3.89. The SMILES string of the molecule is COCCOCCC(=O)N1C[C@H](OCCCCc2ccccc2)C[C@H]1C(=O)N[C@@H](CC(C)C)C(=O)C[C@@H](Cc1cnc[nH]1)C(=O)N[C@@H](C)C(=O)C[C@H](C(C)=O)[C@@H](C)CP(=O)(O)O. The first kappa shape index (κ1) is 52.2. The van der Waals surface area contributed by atoms with Gasteiger partial charge in [0.1, 0.15) is 11.8 Å². The molecule has 1 aliphatic rings. The lowest BCUT2D eigenvalue weighted by Crippen LogP contribution is -2.52. The smallest absolute Gasteiger partial charge is 0.325 e. The molecule has 0 bridgehead atoms. The Kier molecular flexibility index (Phi) is 22.3. The predicted octanol–water partition coefficient (Wildman–Crippen LogP) is 3.60. The zero-order valence-corrected chi connectivity index (χ0v) is 38.0. The number of Topliss-reactive ketones (excluding diaryl/α,β-unsaturated/α-hetero) is 3. The molecule has 2 heterocycles. The third-order valence-electron chi connectivity index (χ3n) is 11.1. The summed E-state index contributed by atoms with van der Waals surface area (Å²) in [6.07, 6.45) is 4.54. The van der Waals surface area contributed by atoms with Crippen molar-refractivity contribution >= 4 is 42.7 Å². The summed E-state index contributed by atoms with van der Waals surface area (Å²) in [6.45, 7) is 9.49. The number of likely N-dealkylation sites (tertiary alicyclic amines) is 1. The molecule has 7 atom stereocenters. The molecule has 2 aromatic rings. The molecule has 62 heavy (non-hydrogen) atoms. The van der Waals surface area contributed by atoms with E-state index in [1.807, 2.05) is 32.0 Å². The number of nitrogens with one attached hydrogen (secondary N) is 3. The molecular formula is C44H68N5O12P. The molecule has 1 aromatic heterocycles. The number of unbranched alkanes of at least 4 members (excludes halogenated alkanes) is 1. The molecule has 18 heteroatoms. The molecule has 0 radical (unpaired) electrons. The fourth-order valence-electron chi connectivity index (χ4n) is 7.68. The first-order valence-electron chi connectivity index (χ1n) is 21.6. The molecule has 1 fully saturated rings. The van der Waals surface area contributed by atoms with Gasteiger partial charge in [-0.1, -0.05) is 51.1 Å². The van der Waals surface area contributed by atoms with Gasteiger partial charge in [-0.25, -0.2) is 4.98 Å². The average molecular weight is 890 g/mol. The van der Waals surface area contributed by atoms with Crippen LogP contribution in [-0.4, -0.2) is 130 Å². The molecule has 3 amide bonds. The standard InChI is InChI=1S/C44H68N5O12P/c1-29(2)20-38(41(52)22-34(21-35-25-45-28-46-35)43(54)47-31(4)40(51)24-37(32(5)50)30(3)27-62(56,57)58)48-44(55)39-23-36(26-49(39)42(53)15-17-60-19-18-59-6)61-16-11-10-14-33-12-8-7-9-13-33/h7-9,12-13,25,28-31,34,36-39H,10-11,14-24,26-27H2,1-6H3,(H,45,46)(H,47,54)(H,48,55)(H2,56,57,58)/t30-,31-,34+,36+,37-,38-,39-/m0/s1. The summed E-state index contributed by atoms with van der Waals surface area (Å²) in [4.78, 5) is 109. The molecule has 0 unspecified atom stereocenters. The summed E-state index contributed by atoms with van der Waals surface area (Å²) in [6, 6.07) is 7.15. The number of ether oxygens (including phenoxy) is 3. The minimum Gasteiger partial charge on any atom is -0.382 e. The highest BCUT2D eigenvalue weighted by molar-refractivity contribution is 7.51. The van der Waals surface area contributed by atoms with Crippen molar-refractivity contribution in [3.05, 3.63) is 54.1 Å². The van der Waals surface area contributed by atoms with Crippen molar-refractivity contribution in [3.63, 3.8) is 0 Å². The number of aryl methyl sites for hydroxylation is 1. The van der Waals surface area contributed by atoms with E-state index in [4.69, 9.17) is 14.2 Å². The van der Waals surface area contributed by atoms with Crippen LogP contribution in [0.15, 0.2) is 42.9 Å². The lowest BCUT2D eigenvalue weighted by molar-refractivity contribution is -0.140. The Hall–Kier alpha value is -4.12. The molecule has 1 saturated heterocycles. The van der Waals surface area contributed by atoms with Gasteiger partial charge in [-0.3, -0.25) is 33.3 Å². The number of hydrogen-bond acceptors (Lipinski definition) is 11. The number of carbonyl (C=O) groups is 6. The second-order valence-corrected chi connectivity index (χ2v) is 18.6. The Morgan fingerprint density at radius 1 is 0.952 bits per heavy atom. The lowest BCUT2D eigenvalue weighted by Gasteiger charge is -2.28. The molecule has 1 aliphatic heterocycles. The van der Waals surface area contributed by atoms with Crippen LogP contribution in [0.25, 0.3) is 0 Å². The zero-order valence-electron chi connectivity index (χ0n) is 37.1. The van der Waals surface area contributed by atoms with Crippen molar-refractivity contribution < 1.29 is 57.3 Å². The van der Waals surface area contributed by atoms with Gasteiger partial charge in [-0.2, -0.15) is 0 Å². The van der Waals surface area contributed by atoms with Crippen LogP contribution < -0.4 is 10.6 Å². The van der Waals surface area contributed by atoms with E-state index < -0.39 is 84.9 Å². The molecular weight excluding hydrogens is 821 g/mol. The Morgan fingerprint density at radius 3 is 2.31 bits per heavy atom. The van der Waals surface area contributed by atoms with Gasteiger partial charge in [-0.05, 0) is 56.9 Å². The van der Waals surface area contributed by atoms with Gasteiger partial charge < -0.3 is 44.5 Å². The van der Waals surface area contributed by atoms with Crippen LogP contribution in [0.3, 0.4) is 0 Å². The number of aromatic nitrogens is 2. The number of amides is 3. The van der Waals surface area contributed by atoms with Gasteiger partial charge in [0.05, 0.1) is 62.8 Å². The maximum atomic E-state index is 14.2. The first-order chi connectivity index (χ1) is 29.4. The van der Waals surface area contributed by atoms with Crippen molar-refractivity contribution in [1.82, 2.24) is 25.5 Å². The summed E-state index contributed by atoms with van der Waals surface area (Å²) in [5.41, 5.74) is 1.80. The van der Waals surface area contributed by atoms with Gasteiger partial charge in [0.2, 0.25) is 17.7 Å². The van der Waals surface area contributed by atoms with Gasteiger partial charge >= 0.3 is 7.60 Å². The summed E-state index contributed by atoms with van der Waals surface area (Å²) in [5.74, 6) is -5.53. The third kappa shape index (κ3) is 18.7. The number of carbonyl (C=O) groups excluding carboxylic acids is 6. The number of imidazole rings is 1. The van der Waals surface area contributed by atoms with E-state index in [2.05, 4.69) is 32.7 Å². The summed E-state index contributed by atoms with van der Waals surface area (Å²) < 4.78 is 28.4. The zero-order chi connectivity index (χ0) is 45.8. The highest BCUT2D eigenvalue weighted by Gasteiger charge is 2.41. The lowest BCUT2D eigenvalue weighted by atomic mass is 9.86. The van der Waals surface area contributed by atoms with Crippen LogP contribution in [0.1, 0.15) is 90.8 Å². The fourth-order valence-corrected chi connectivity index (χ4v) is 8.69. The summed E-state index contributed by atoms with van der Waals surface area (Å²) in [5, 5.41) is 5.59. The Labute approximate surface area is 365 Å². The molecule has 5 N–H and O–H groups in total. The number of hydrogen-bond donors (Lipinski definition) is 5. The maximum Gasteiger partial charge on any atom is 0.325 e. The molecule has 1 aromatic carbocycles. The quantitative estimate of drug-likeness (QED) is 0.0557. The van der Waals surface area contributed by atoms with Gasteiger partial charge in [0, 0.05) is 63.8 Å². The van der Waals surface area contributed by atoms with E-state index in [-0.39, 0.29) is 63.5 Å². The van der Waals surface area contributed by atoms with E-state index >= 15 is 0 Å². The topological polar surface area (TPSA) is 244 Å². The van der Waals surface area contributed by atoms with E-state index in [0.717, 1.165) is 19.3 Å². The highest BCUT2D eigenvalue weighted by atomic mass is 31.2. The van der Waals surface area contributed by atoms with Gasteiger partial charge in [-0.15, -0.1) is 0 Å². The second-order valence-electron chi connectivity index (χ2n) is 16.9. The van der Waals surface area contributed by atoms with Crippen molar-refractivity contribution in [2.24, 2.45) is 23.7 Å². The van der Waals surface area contributed by atoms with Crippen molar-refractivity contribution in [3.8, 4) is 0 Å². The predicted molar refractivity (Wildman–Crippen MR) is 231 cm³/mol. The minimum atomic E-state index is -4.46. The number of methoxy groups -OCH3 is 1. The number of H-pyrrole nitrogens is 1. The number of aromatic amines is 1. The highest BCUT2D eigenvalue weighted by Crippen LogP contribution is 2.39. The Balaban J connectivity index is 1.73. The van der Waals surface area contributed by atoms with Crippen molar-refractivity contribution in [2.75, 3.05) is 46.2 Å². The number of rotatable bonds is 30. The van der Waals surface area contributed by atoms with Crippen LogP contribution >= 0.6 is 7.60 Å². The van der Waals surface area contributed by atoms with Crippen molar-refractivity contribution in [1.29, 1.82) is 0 Å². The number of nitrogens with zero attached hydrogens (tertiary/aromatic N) is 2. The number of benzene rings is 1. The molecule has 17 nitrogen and oxygen atoms in total. The van der Waals surface area contributed by atoms with Crippen LogP contribution in [0.5, 0.6) is 0 Å². The van der Waals surface area contributed by atoms with E-state index in [1.54, 1.807) is 7.11 Å². The molecule has 3 rings (SSSR count). The van der Waals surface area contributed by atoms with E-state index in [9.17, 15) is 43.1 Å². The minimum absolute atomic E-state index is 0.0403. The van der Waals surface area contributed by atoms with Crippen LogP contribution in [0, 0.1) is 23.7 Å². The molecule has 0 aliphatic carbocycles. The third-order valence-corrected chi connectivity index (χ3v) is 12.1.